The first-order chi connectivity index (χ1) is 7.68. The molecule has 84 valence electrons. The number of hydrogen-bond acceptors (Lipinski definition) is 4. The maximum atomic E-state index is 11.7. The topological polar surface area (TPSA) is 58.6 Å². The molecule has 0 bridgehead atoms. The molecular formula is C9H7BrN2O3S. The van der Waals surface area contributed by atoms with Crippen molar-refractivity contribution >= 4 is 44.8 Å². The lowest BCUT2D eigenvalue weighted by Crippen LogP contribution is -2.40. The van der Waals surface area contributed by atoms with E-state index in [4.69, 9.17) is 4.74 Å². The Morgan fingerprint density at radius 1 is 1.44 bits per heavy atom. The van der Waals surface area contributed by atoms with Crippen LogP contribution in [0.15, 0.2) is 3.79 Å². The third-order valence-corrected chi connectivity index (χ3v) is 4.33. The first kappa shape index (κ1) is 10.1. The van der Waals surface area contributed by atoms with E-state index in [1.165, 1.54) is 11.3 Å². The van der Waals surface area contributed by atoms with Crippen LogP contribution in [0.5, 0.6) is 5.75 Å². The predicted octanol–water partition coefficient (Wildman–Crippen LogP) is 0.979. The molecule has 0 aliphatic carbocycles. The molecule has 1 aromatic heterocycles. The zero-order chi connectivity index (χ0) is 11.3. The van der Waals surface area contributed by atoms with Crippen LogP contribution < -0.4 is 15.0 Å². The summed E-state index contributed by atoms with van der Waals surface area (Å²) in [6.45, 7) is 1.01. The van der Waals surface area contributed by atoms with Crippen LogP contribution in [-0.4, -0.2) is 31.5 Å². The molecule has 3 rings (SSSR count). The average Bonchev–Trinajstić information content (AvgIpc) is 2.50. The molecule has 2 aliphatic rings. The second-order valence-corrected chi connectivity index (χ2v) is 5.81. The molecule has 0 fully saturated rings. The van der Waals surface area contributed by atoms with E-state index in [2.05, 4.69) is 21.2 Å². The Bertz CT molecular complexity index is 499. The van der Waals surface area contributed by atoms with Crippen LogP contribution in [-0.2, 0) is 4.79 Å². The standard InChI is InChI=1S/C9H7BrN2O3S/c10-8-6-5-7(16-8)9(14)11-1-2-12(5)4(13)3-15-6/h1-3H2,(H,11,14). The Labute approximate surface area is 103 Å². The van der Waals surface area contributed by atoms with Crippen molar-refractivity contribution < 1.29 is 14.3 Å². The van der Waals surface area contributed by atoms with Gasteiger partial charge in [-0.2, -0.15) is 0 Å². The summed E-state index contributed by atoms with van der Waals surface area (Å²) in [7, 11) is 0. The second-order valence-electron chi connectivity index (χ2n) is 3.47. The molecule has 2 amide bonds. The average molecular weight is 303 g/mol. The molecule has 0 aromatic carbocycles. The van der Waals surface area contributed by atoms with Crippen LogP contribution in [0.3, 0.4) is 0 Å². The fraction of sp³-hybridized carbons (Fsp3) is 0.333. The molecule has 2 aliphatic heterocycles. The van der Waals surface area contributed by atoms with Gasteiger partial charge in [-0.15, -0.1) is 11.3 Å². The monoisotopic (exact) mass is 302 g/mol. The third kappa shape index (κ3) is 1.28. The number of ether oxygens (including phenoxy) is 1. The van der Waals surface area contributed by atoms with Crippen LogP contribution in [0, 0.1) is 0 Å². The normalized spacial score (nSPS) is 18.7. The lowest BCUT2D eigenvalue weighted by Gasteiger charge is -2.26. The molecule has 1 aromatic rings. The van der Waals surface area contributed by atoms with Gasteiger partial charge in [0.2, 0.25) is 0 Å². The number of thiophene rings is 1. The van der Waals surface area contributed by atoms with Gasteiger partial charge in [-0.25, -0.2) is 0 Å². The summed E-state index contributed by atoms with van der Waals surface area (Å²) < 4.78 is 6.11. The molecule has 0 saturated carbocycles. The van der Waals surface area contributed by atoms with Crippen LogP contribution in [0.1, 0.15) is 9.67 Å². The minimum absolute atomic E-state index is 0.0377. The molecule has 0 atom stereocenters. The summed E-state index contributed by atoms with van der Waals surface area (Å²) in [6.07, 6.45) is 0. The summed E-state index contributed by atoms with van der Waals surface area (Å²) in [4.78, 5) is 25.6. The van der Waals surface area contributed by atoms with Gasteiger partial charge in [-0.1, -0.05) is 0 Å². The number of carbonyl (C=O) groups excluding carboxylic acids is 2. The molecule has 1 N–H and O–H groups in total. The van der Waals surface area contributed by atoms with Gasteiger partial charge in [0.15, 0.2) is 12.4 Å². The van der Waals surface area contributed by atoms with Gasteiger partial charge in [0, 0.05) is 13.1 Å². The maximum Gasteiger partial charge on any atom is 0.265 e. The minimum Gasteiger partial charge on any atom is -0.479 e. The van der Waals surface area contributed by atoms with Crippen molar-refractivity contribution in [3.63, 3.8) is 0 Å². The van der Waals surface area contributed by atoms with Gasteiger partial charge in [-0.3, -0.25) is 9.59 Å². The maximum absolute atomic E-state index is 11.7. The highest BCUT2D eigenvalue weighted by Crippen LogP contribution is 2.48. The Hall–Kier alpha value is -1.08. The van der Waals surface area contributed by atoms with E-state index < -0.39 is 0 Å². The molecule has 7 heteroatoms. The zero-order valence-corrected chi connectivity index (χ0v) is 10.5. The SMILES string of the molecule is O=C1NCCN2C(=O)COc3c(Br)sc1c32. The number of anilines is 1. The first-order valence-corrected chi connectivity index (χ1v) is 6.33. The molecule has 5 nitrogen and oxygen atoms in total. The van der Waals surface area contributed by atoms with E-state index in [0.717, 1.165) is 3.79 Å². The van der Waals surface area contributed by atoms with E-state index in [1.54, 1.807) is 4.90 Å². The number of hydrogen-bond donors (Lipinski definition) is 1. The number of nitrogens with zero attached hydrogens (tertiary/aromatic N) is 1. The van der Waals surface area contributed by atoms with Crippen molar-refractivity contribution in [3.05, 3.63) is 8.66 Å². The van der Waals surface area contributed by atoms with Gasteiger partial charge >= 0.3 is 0 Å². The van der Waals surface area contributed by atoms with E-state index >= 15 is 0 Å². The summed E-state index contributed by atoms with van der Waals surface area (Å²) in [5.41, 5.74) is 0.614. The van der Waals surface area contributed by atoms with Gasteiger partial charge in [-0.05, 0) is 15.9 Å². The predicted molar refractivity (Wildman–Crippen MR) is 62.2 cm³/mol. The van der Waals surface area contributed by atoms with E-state index in [0.29, 0.717) is 29.4 Å². The van der Waals surface area contributed by atoms with Crippen molar-refractivity contribution in [2.45, 2.75) is 0 Å². The fourth-order valence-corrected chi connectivity index (χ4v) is 3.52. The van der Waals surface area contributed by atoms with Crippen molar-refractivity contribution in [2.24, 2.45) is 0 Å². The largest absolute Gasteiger partial charge is 0.479 e. The zero-order valence-electron chi connectivity index (χ0n) is 8.08. The highest BCUT2D eigenvalue weighted by molar-refractivity contribution is 9.11. The Kier molecular flexibility index (Phi) is 2.18. The number of nitrogens with one attached hydrogen (secondary N) is 1. The van der Waals surface area contributed by atoms with E-state index in [9.17, 15) is 9.59 Å². The van der Waals surface area contributed by atoms with Crippen LogP contribution in [0.4, 0.5) is 5.69 Å². The van der Waals surface area contributed by atoms with Crippen LogP contribution >= 0.6 is 27.3 Å². The fourth-order valence-electron chi connectivity index (χ4n) is 1.84. The number of carbonyl (C=O) groups is 2. The Morgan fingerprint density at radius 3 is 3.06 bits per heavy atom. The lowest BCUT2D eigenvalue weighted by molar-refractivity contribution is -0.121. The Morgan fingerprint density at radius 2 is 2.25 bits per heavy atom. The van der Waals surface area contributed by atoms with Crippen molar-refractivity contribution in [3.8, 4) is 5.75 Å². The first-order valence-electron chi connectivity index (χ1n) is 4.72. The third-order valence-electron chi connectivity index (χ3n) is 2.54. The molecular weight excluding hydrogens is 296 g/mol. The molecule has 0 unspecified atom stereocenters. The quantitative estimate of drug-likeness (QED) is 0.777. The van der Waals surface area contributed by atoms with Gasteiger partial charge in [0.05, 0.1) is 0 Å². The lowest BCUT2D eigenvalue weighted by atomic mass is 10.3. The van der Waals surface area contributed by atoms with E-state index in [-0.39, 0.29) is 18.4 Å². The molecule has 0 saturated heterocycles. The summed E-state index contributed by atoms with van der Waals surface area (Å²) >= 11 is 4.64. The second kappa shape index (κ2) is 3.46. The molecule has 0 radical (unpaired) electrons. The summed E-state index contributed by atoms with van der Waals surface area (Å²) in [6, 6.07) is 0. The van der Waals surface area contributed by atoms with Crippen molar-refractivity contribution in [1.82, 2.24) is 5.32 Å². The Balaban J connectivity index is 2.24. The number of halogens is 1. The van der Waals surface area contributed by atoms with E-state index in [1.807, 2.05) is 0 Å². The highest BCUT2D eigenvalue weighted by Gasteiger charge is 2.36. The molecule has 3 heterocycles. The molecule has 16 heavy (non-hydrogen) atoms. The molecule has 0 spiro atoms. The van der Waals surface area contributed by atoms with Crippen LogP contribution in [0.2, 0.25) is 0 Å². The number of amides is 2. The van der Waals surface area contributed by atoms with Crippen molar-refractivity contribution in [1.29, 1.82) is 0 Å². The minimum atomic E-state index is -0.146. The number of rotatable bonds is 0. The van der Waals surface area contributed by atoms with Gasteiger partial charge in [0.1, 0.15) is 14.4 Å². The van der Waals surface area contributed by atoms with Gasteiger partial charge < -0.3 is 15.0 Å². The van der Waals surface area contributed by atoms with Crippen molar-refractivity contribution in [2.75, 3.05) is 24.6 Å². The van der Waals surface area contributed by atoms with Gasteiger partial charge in [0.25, 0.3) is 11.8 Å². The summed E-state index contributed by atoms with van der Waals surface area (Å²) in [5, 5.41) is 2.76. The summed E-state index contributed by atoms with van der Waals surface area (Å²) in [5.74, 6) is 0.361. The van der Waals surface area contributed by atoms with Crippen LogP contribution in [0.25, 0.3) is 0 Å². The smallest absolute Gasteiger partial charge is 0.265 e. The highest BCUT2D eigenvalue weighted by atomic mass is 79.9.